The molecule has 5 heteroatoms. The topological polar surface area (TPSA) is 72.2 Å². The molecule has 0 atom stereocenters. The van der Waals surface area contributed by atoms with Crippen molar-refractivity contribution < 1.29 is 8.42 Å². The van der Waals surface area contributed by atoms with E-state index in [1.54, 1.807) is 0 Å². The maximum absolute atomic E-state index is 12.0. The number of hydrogen-bond acceptors (Lipinski definition) is 3. The molecule has 0 spiro atoms. The molecular formula is C13H28N2O2S. The van der Waals surface area contributed by atoms with E-state index in [1.807, 2.05) is 13.8 Å². The SMILES string of the molecule is CCC(N)(CC)CNS(=O)(=O)CC1CCCCC1. The lowest BCUT2D eigenvalue weighted by Gasteiger charge is -2.27. The minimum Gasteiger partial charge on any atom is -0.324 e. The summed E-state index contributed by atoms with van der Waals surface area (Å²) in [5, 5.41) is 0. The number of sulfonamides is 1. The van der Waals surface area contributed by atoms with Gasteiger partial charge in [-0.25, -0.2) is 13.1 Å². The first kappa shape index (κ1) is 15.9. The molecule has 0 aromatic carbocycles. The van der Waals surface area contributed by atoms with E-state index in [1.165, 1.54) is 19.3 Å². The Morgan fingerprint density at radius 2 is 1.72 bits per heavy atom. The zero-order chi connectivity index (χ0) is 13.6. The Bertz CT molecular complexity index is 331. The van der Waals surface area contributed by atoms with Crippen molar-refractivity contribution in [3.8, 4) is 0 Å². The number of nitrogens with one attached hydrogen (secondary N) is 1. The highest BCUT2D eigenvalue weighted by atomic mass is 32.2. The molecule has 1 aliphatic rings. The smallest absolute Gasteiger partial charge is 0.211 e. The van der Waals surface area contributed by atoms with Crippen molar-refractivity contribution in [2.45, 2.75) is 64.3 Å². The molecule has 108 valence electrons. The Morgan fingerprint density at radius 1 is 1.17 bits per heavy atom. The van der Waals surface area contributed by atoms with Crippen molar-refractivity contribution in [1.29, 1.82) is 0 Å². The monoisotopic (exact) mass is 276 g/mol. The lowest BCUT2D eigenvalue weighted by molar-refractivity contribution is 0.376. The fourth-order valence-corrected chi connectivity index (χ4v) is 4.06. The summed E-state index contributed by atoms with van der Waals surface area (Å²) in [6.45, 7) is 4.35. The first-order valence-corrected chi connectivity index (χ1v) is 8.82. The Kier molecular flexibility index (Phi) is 6.08. The van der Waals surface area contributed by atoms with Crippen molar-refractivity contribution in [2.75, 3.05) is 12.3 Å². The summed E-state index contributed by atoms with van der Waals surface area (Å²) in [5.41, 5.74) is 5.71. The quantitative estimate of drug-likeness (QED) is 0.747. The average molecular weight is 276 g/mol. The van der Waals surface area contributed by atoms with Gasteiger partial charge >= 0.3 is 0 Å². The molecule has 0 aliphatic heterocycles. The minimum atomic E-state index is -3.16. The second-order valence-electron chi connectivity index (χ2n) is 5.68. The summed E-state index contributed by atoms with van der Waals surface area (Å²) >= 11 is 0. The van der Waals surface area contributed by atoms with E-state index in [9.17, 15) is 8.42 Å². The van der Waals surface area contributed by atoms with Crippen LogP contribution >= 0.6 is 0 Å². The Balaban J connectivity index is 2.44. The summed E-state index contributed by atoms with van der Waals surface area (Å²) in [7, 11) is -3.16. The van der Waals surface area contributed by atoms with Gasteiger partial charge in [-0.1, -0.05) is 33.1 Å². The van der Waals surface area contributed by atoms with Gasteiger partial charge in [0.2, 0.25) is 10.0 Å². The molecule has 0 bridgehead atoms. The van der Waals surface area contributed by atoms with Gasteiger partial charge < -0.3 is 5.73 Å². The maximum Gasteiger partial charge on any atom is 0.211 e. The Labute approximate surface area is 112 Å². The summed E-state index contributed by atoms with van der Waals surface area (Å²) in [6.07, 6.45) is 7.27. The zero-order valence-electron chi connectivity index (χ0n) is 11.7. The number of nitrogens with two attached hydrogens (primary N) is 1. The van der Waals surface area contributed by atoms with Gasteiger partial charge in [0, 0.05) is 12.1 Å². The van der Waals surface area contributed by atoms with Crippen molar-refractivity contribution in [3.05, 3.63) is 0 Å². The van der Waals surface area contributed by atoms with E-state index in [-0.39, 0.29) is 5.75 Å². The van der Waals surface area contributed by atoms with Crippen LogP contribution in [0.25, 0.3) is 0 Å². The normalized spacial score (nSPS) is 19.1. The fourth-order valence-electron chi connectivity index (χ4n) is 2.48. The van der Waals surface area contributed by atoms with Crippen molar-refractivity contribution in [3.63, 3.8) is 0 Å². The van der Waals surface area contributed by atoms with Gasteiger partial charge in [0.25, 0.3) is 0 Å². The van der Waals surface area contributed by atoms with Gasteiger partial charge in [-0.2, -0.15) is 0 Å². The lowest BCUT2D eigenvalue weighted by Crippen LogP contribution is -2.49. The van der Waals surface area contributed by atoms with Gasteiger partial charge in [-0.05, 0) is 31.6 Å². The second-order valence-corrected chi connectivity index (χ2v) is 7.53. The first-order valence-electron chi connectivity index (χ1n) is 7.17. The Morgan fingerprint density at radius 3 is 2.22 bits per heavy atom. The summed E-state index contributed by atoms with van der Waals surface area (Å²) in [4.78, 5) is 0. The summed E-state index contributed by atoms with van der Waals surface area (Å²) < 4.78 is 26.7. The van der Waals surface area contributed by atoms with Gasteiger partial charge in [0.15, 0.2) is 0 Å². The van der Waals surface area contributed by atoms with Crippen LogP contribution in [0, 0.1) is 5.92 Å². The molecule has 3 N–H and O–H groups in total. The molecule has 0 heterocycles. The molecule has 1 rings (SSSR count). The van der Waals surface area contributed by atoms with E-state index in [0.29, 0.717) is 12.5 Å². The zero-order valence-corrected chi connectivity index (χ0v) is 12.6. The van der Waals surface area contributed by atoms with E-state index in [0.717, 1.165) is 25.7 Å². The van der Waals surface area contributed by atoms with Gasteiger partial charge in [-0.3, -0.25) is 0 Å². The average Bonchev–Trinajstić information content (AvgIpc) is 2.37. The first-order chi connectivity index (χ1) is 8.41. The molecule has 0 unspecified atom stereocenters. The van der Waals surface area contributed by atoms with Gasteiger partial charge in [0.1, 0.15) is 0 Å². The molecule has 0 aromatic heterocycles. The van der Waals surface area contributed by atoms with Gasteiger partial charge in [0.05, 0.1) is 5.75 Å². The van der Waals surface area contributed by atoms with Gasteiger partial charge in [-0.15, -0.1) is 0 Å². The molecule has 1 aliphatic carbocycles. The molecule has 0 radical (unpaired) electrons. The van der Waals surface area contributed by atoms with Crippen LogP contribution in [-0.2, 0) is 10.0 Å². The largest absolute Gasteiger partial charge is 0.324 e. The molecule has 1 fully saturated rings. The van der Waals surface area contributed by atoms with E-state index in [4.69, 9.17) is 5.73 Å². The second kappa shape index (κ2) is 6.87. The molecule has 0 aromatic rings. The Hall–Kier alpha value is -0.130. The standard InChI is InChI=1S/C13H28N2O2S/c1-3-13(14,4-2)11-15-18(16,17)10-12-8-6-5-7-9-12/h12,15H,3-11,14H2,1-2H3. The highest BCUT2D eigenvalue weighted by molar-refractivity contribution is 7.89. The third-order valence-corrected chi connectivity index (χ3v) is 5.73. The highest BCUT2D eigenvalue weighted by Crippen LogP contribution is 2.24. The lowest BCUT2D eigenvalue weighted by atomic mass is 9.91. The van der Waals surface area contributed by atoms with Crippen LogP contribution in [0.3, 0.4) is 0 Å². The summed E-state index contributed by atoms with van der Waals surface area (Å²) in [6, 6.07) is 0. The molecule has 0 saturated heterocycles. The molecule has 1 saturated carbocycles. The predicted molar refractivity (Wildman–Crippen MR) is 75.9 cm³/mol. The highest BCUT2D eigenvalue weighted by Gasteiger charge is 2.25. The minimum absolute atomic E-state index is 0.274. The van der Waals surface area contributed by atoms with Crippen molar-refractivity contribution >= 4 is 10.0 Å². The molecule has 4 nitrogen and oxygen atoms in total. The molecule has 0 amide bonds. The number of hydrogen-bond donors (Lipinski definition) is 2. The van der Waals surface area contributed by atoms with Crippen LogP contribution in [0.5, 0.6) is 0 Å². The fraction of sp³-hybridized carbons (Fsp3) is 1.00. The van der Waals surface area contributed by atoms with E-state index >= 15 is 0 Å². The van der Waals surface area contributed by atoms with Crippen LogP contribution < -0.4 is 10.5 Å². The third-order valence-electron chi connectivity index (χ3n) is 4.23. The van der Waals surface area contributed by atoms with E-state index < -0.39 is 15.6 Å². The van der Waals surface area contributed by atoms with Crippen LogP contribution in [0.4, 0.5) is 0 Å². The van der Waals surface area contributed by atoms with Crippen molar-refractivity contribution in [1.82, 2.24) is 4.72 Å². The van der Waals surface area contributed by atoms with Crippen LogP contribution in [0.1, 0.15) is 58.8 Å². The van der Waals surface area contributed by atoms with Crippen LogP contribution in [0.2, 0.25) is 0 Å². The predicted octanol–water partition coefficient (Wildman–Crippen LogP) is 2.00. The summed E-state index contributed by atoms with van der Waals surface area (Å²) in [5.74, 6) is 0.614. The third kappa shape index (κ3) is 5.24. The van der Waals surface area contributed by atoms with Crippen LogP contribution in [0.15, 0.2) is 0 Å². The maximum atomic E-state index is 12.0. The van der Waals surface area contributed by atoms with E-state index in [2.05, 4.69) is 4.72 Å². The van der Waals surface area contributed by atoms with Crippen molar-refractivity contribution in [2.24, 2.45) is 11.7 Å². The molecular weight excluding hydrogens is 248 g/mol. The van der Waals surface area contributed by atoms with Crippen LogP contribution in [-0.4, -0.2) is 26.3 Å². The number of rotatable bonds is 7. The molecule has 18 heavy (non-hydrogen) atoms.